The number of rotatable bonds is 5. The molecule has 2 aliphatic heterocycles. The van der Waals surface area contributed by atoms with Crippen molar-refractivity contribution < 1.29 is 4.79 Å². The summed E-state index contributed by atoms with van der Waals surface area (Å²) in [6.07, 6.45) is 7.42. The first kappa shape index (κ1) is 14.5. The Morgan fingerprint density at radius 3 is 2.71 bits per heavy atom. The molecule has 2 aliphatic rings. The lowest BCUT2D eigenvalue weighted by Gasteiger charge is -2.30. The van der Waals surface area contributed by atoms with Crippen LogP contribution in [0.3, 0.4) is 0 Å². The number of hydrogen-bond acceptors (Lipinski definition) is 3. The van der Waals surface area contributed by atoms with Gasteiger partial charge in [0.15, 0.2) is 0 Å². The van der Waals surface area contributed by atoms with Crippen molar-refractivity contribution in [3.05, 3.63) is 30.1 Å². The van der Waals surface area contributed by atoms with E-state index < -0.39 is 0 Å². The van der Waals surface area contributed by atoms with Gasteiger partial charge in [0.2, 0.25) is 5.91 Å². The molecule has 2 unspecified atom stereocenters. The fourth-order valence-corrected chi connectivity index (χ4v) is 3.78. The molecule has 2 bridgehead atoms. The monoisotopic (exact) mass is 287 g/mol. The van der Waals surface area contributed by atoms with Crippen LogP contribution in [0.4, 0.5) is 0 Å². The molecule has 1 aromatic rings. The van der Waals surface area contributed by atoms with Gasteiger partial charge in [-0.2, -0.15) is 0 Å². The summed E-state index contributed by atoms with van der Waals surface area (Å²) < 4.78 is 0. The highest BCUT2D eigenvalue weighted by atomic mass is 16.2. The van der Waals surface area contributed by atoms with E-state index in [1.165, 1.54) is 25.7 Å². The van der Waals surface area contributed by atoms with Crippen molar-refractivity contribution in [3.63, 3.8) is 0 Å². The first-order chi connectivity index (χ1) is 10.2. The number of pyridine rings is 1. The van der Waals surface area contributed by atoms with Crippen LogP contribution in [0.1, 0.15) is 44.7 Å². The second kappa shape index (κ2) is 6.56. The minimum Gasteiger partial charge on any atom is -0.337 e. The van der Waals surface area contributed by atoms with Gasteiger partial charge >= 0.3 is 0 Å². The number of aromatic nitrogens is 1. The van der Waals surface area contributed by atoms with Gasteiger partial charge in [-0.15, -0.1) is 0 Å². The van der Waals surface area contributed by atoms with E-state index in [1.807, 2.05) is 30.0 Å². The first-order valence-corrected chi connectivity index (χ1v) is 8.18. The van der Waals surface area contributed by atoms with Crippen LogP contribution >= 0.6 is 0 Å². The molecule has 2 fully saturated rings. The topological polar surface area (TPSA) is 45.2 Å². The standard InChI is InChI=1S/C17H25N3O/c1-2-20(12-16-5-3-4-8-18-16)17(21)11-13-9-14-6-7-15(10-13)19-14/h3-5,8,13-15,19H,2,6-7,9-12H2,1H3. The molecule has 4 heteroatoms. The van der Waals surface area contributed by atoms with Crippen molar-refractivity contribution in [2.24, 2.45) is 5.92 Å². The summed E-state index contributed by atoms with van der Waals surface area (Å²) in [6.45, 7) is 3.44. The molecule has 1 amide bonds. The van der Waals surface area contributed by atoms with Crippen molar-refractivity contribution in [2.45, 2.75) is 57.7 Å². The number of nitrogens with one attached hydrogen (secondary N) is 1. The largest absolute Gasteiger partial charge is 0.337 e. The summed E-state index contributed by atoms with van der Waals surface area (Å²) in [4.78, 5) is 18.8. The van der Waals surface area contributed by atoms with Crippen LogP contribution in [-0.2, 0) is 11.3 Å². The first-order valence-electron chi connectivity index (χ1n) is 8.18. The predicted octanol–water partition coefficient (Wildman–Crippen LogP) is 2.35. The molecule has 0 spiro atoms. The molecule has 4 nitrogen and oxygen atoms in total. The fourth-order valence-electron chi connectivity index (χ4n) is 3.78. The second-order valence-electron chi connectivity index (χ2n) is 6.41. The third kappa shape index (κ3) is 3.62. The van der Waals surface area contributed by atoms with Crippen molar-refractivity contribution in [3.8, 4) is 0 Å². The maximum absolute atomic E-state index is 12.6. The lowest BCUT2D eigenvalue weighted by atomic mass is 9.89. The molecule has 2 saturated heterocycles. The van der Waals surface area contributed by atoms with Crippen molar-refractivity contribution in [1.29, 1.82) is 0 Å². The second-order valence-corrected chi connectivity index (χ2v) is 6.41. The Hall–Kier alpha value is -1.42. The molecular weight excluding hydrogens is 262 g/mol. The number of nitrogens with zero attached hydrogens (tertiary/aromatic N) is 2. The van der Waals surface area contributed by atoms with Crippen molar-refractivity contribution in [1.82, 2.24) is 15.2 Å². The van der Waals surface area contributed by atoms with E-state index in [4.69, 9.17) is 0 Å². The van der Waals surface area contributed by atoms with Gasteiger partial charge in [-0.1, -0.05) is 6.07 Å². The average Bonchev–Trinajstić information content (AvgIpc) is 2.84. The molecule has 0 aromatic carbocycles. The molecule has 0 radical (unpaired) electrons. The number of fused-ring (bicyclic) bond motifs is 2. The third-order valence-corrected chi connectivity index (χ3v) is 4.85. The molecule has 3 heterocycles. The molecule has 0 saturated carbocycles. The zero-order valence-corrected chi connectivity index (χ0v) is 12.8. The average molecular weight is 287 g/mol. The van der Waals surface area contributed by atoms with E-state index in [9.17, 15) is 4.79 Å². The number of hydrogen-bond donors (Lipinski definition) is 1. The molecule has 2 atom stereocenters. The maximum Gasteiger partial charge on any atom is 0.223 e. The summed E-state index contributed by atoms with van der Waals surface area (Å²) in [5, 5.41) is 3.64. The van der Waals surface area contributed by atoms with Gasteiger partial charge in [0, 0.05) is 31.2 Å². The maximum atomic E-state index is 12.6. The van der Waals surface area contributed by atoms with Gasteiger partial charge < -0.3 is 10.2 Å². The zero-order valence-electron chi connectivity index (χ0n) is 12.8. The van der Waals surface area contributed by atoms with Crippen LogP contribution in [0.25, 0.3) is 0 Å². The van der Waals surface area contributed by atoms with Crippen LogP contribution in [-0.4, -0.2) is 34.4 Å². The Morgan fingerprint density at radius 2 is 2.10 bits per heavy atom. The van der Waals surface area contributed by atoms with Gasteiger partial charge in [-0.3, -0.25) is 9.78 Å². The minimum atomic E-state index is 0.287. The fraction of sp³-hybridized carbons (Fsp3) is 0.647. The summed E-state index contributed by atoms with van der Waals surface area (Å²) in [6, 6.07) is 7.19. The van der Waals surface area contributed by atoms with Gasteiger partial charge in [0.25, 0.3) is 0 Å². The minimum absolute atomic E-state index is 0.287. The van der Waals surface area contributed by atoms with Gasteiger partial charge in [0.05, 0.1) is 12.2 Å². The van der Waals surface area contributed by atoms with E-state index in [-0.39, 0.29) is 5.91 Å². The quantitative estimate of drug-likeness (QED) is 0.904. The number of amides is 1. The van der Waals surface area contributed by atoms with E-state index in [1.54, 1.807) is 6.20 Å². The van der Waals surface area contributed by atoms with Crippen molar-refractivity contribution in [2.75, 3.05) is 6.54 Å². The van der Waals surface area contributed by atoms with Gasteiger partial charge in [-0.05, 0) is 50.7 Å². The zero-order chi connectivity index (χ0) is 14.7. The van der Waals surface area contributed by atoms with Gasteiger partial charge in [-0.25, -0.2) is 0 Å². The summed E-state index contributed by atoms with van der Waals surface area (Å²) in [7, 11) is 0. The highest BCUT2D eigenvalue weighted by molar-refractivity contribution is 5.76. The smallest absolute Gasteiger partial charge is 0.223 e. The summed E-state index contributed by atoms with van der Waals surface area (Å²) in [5.41, 5.74) is 0.970. The molecular formula is C17H25N3O. The van der Waals surface area contributed by atoms with Crippen molar-refractivity contribution >= 4 is 5.91 Å². The number of carbonyl (C=O) groups is 1. The molecule has 1 N–H and O–H groups in total. The highest BCUT2D eigenvalue weighted by Gasteiger charge is 2.34. The third-order valence-electron chi connectivity index (χ3n) is 4.85. The molecule has 114 valence electrons. The van der Waals surface area contributed by atoms with E-state index in [0.717, 1.165) is 12.2 Å². The number of carbonyl (C=O) groups excluding carboxylic acids is 1. The van der Waals surface area contributed by atoms with Crippen LogP contribution in [0.5, 0.6) is 0 Å². The molecule has 3 rings (SSSR count). The Morgan fingerprint density at radius 1 is 1.33 bits per heavy atom. The van der Waals surface area contributed by atoms with E-state index >= 15 is 0 Å². The van der Waals surface area contributed by atoms with E-state index in [2.05, 4.69) is 10.3 Å². The van der Waals surface area contributed by atoms with Gasteiger partial charge in [0.1, 0.15) is 0 Å². The summed E-state index contributed by atoms with van der Waals surface area (Å²) in [5.74, 6) is 0.850. The van der Waals surface area contributed by atoms with Crippen LogP contribution in [0, 0.1) is 5.92 Å². The SMILES string of the molecule is CCN(Cc1ccccn1)C(=O)CC1CC2CCC(C1)N2. The lowest BCUT2D eigenvalue weighted by Crippen LogP contribution is -2.40. The Bertz CT molecular complexity index is 464. The molecule has 1 aromatic heterocycles. The van der Waals surface area contributed by atoms with Crippen LogP contribution in [0.15, 0.2) is 24.4 Å². The van der Waals surface area contributed by atoms with Crippen LogP contribution in [0.2, 0.25) is 0 Å². The number of piperidine rings is 1. The van der Waals surface area contributed by atoms with Crippen LogP contribution < -0.4 is 5.32 Å². The highest BCUT2D eigenvalue weighted by Crippen LogP contribution is 2.33. The Kier molecular flexibility index (Phi) is 4.54. The van der Waals surface area contributed by atoms with E-state index in [0.29, 0.717) is 31.0 Å². The predicted molar refractivity (Wildman–Crippen MR) is 82.6 cm³/mol. The lowest BCUT2D eigenvalue weighted by molar-refractivity contribution is -0.133. The molecule has 21 heavy (non-hydrogen) atoms. The Labute approximate surface area is 126 Å². The normalized spacial score (nSPS) is 27.6. The Balaban J connectivity index is 1.55. The summed E-state index contributed by atoms with van der Waals surface area (Å²) >= 11 is 0. The molecule has 0 aliphatic carbocycles.